The van der Waals surface area contributed by atoms with Crippen LogP contribution < -0.4 is 5.32 Å². The van der Waals surface area contributed by atoms with Crippen molar-refractivity contribution >= 4 is 27.1 Å². The van der Waals surface area contributed by atoms with Crippen molar-refractivity contribution in [3.05, 3.63) is 47.4 Å². The van der Waals surface area contributed by atoms with E-state index in [1.807, 2.05) is 6.08 Å². The van der Waals surface area contributed by atoms with Gasteiger partial charge in [-0.3, -0.25) is 5.41 Å². The van der Waals surface area contributed by atoms with Crippen molar-refractivity contribution in [1.82, 2.24) is 5.32 Å². The van der Waals surface area contributed by atoms with Crippen LogP contribution in [0.1, 0.15) is 45.4 Å². The van der Waals surface area contributed by atoms with Gasteiger partial charge in [-0.2, -0.15) is 0 Å². The largest absolute Gasteiger partial charge is 0.307 e. The maximum atomic E-state index is 8.39. The highest BCUT2D eigenvalue weighted by atomic mass is 32.1. The molecule has 0 aliphatic carbocycles. The van der Waals surface area contributed by atoms with Gasteiger partial charge >= 0.3 is 0 Å². The van der Waals surface area contributed by atoms with Gasteiger partial charge in [0.15, 0.2) is 0 Å². The summed E-state index contributed by atoms with van der Waals surface area (Å²) in [5.41, 5.74) is 0.924. The molecule has 1 aliphatic heterocycles. The van der Waals surface area contributed by atoms with E-state index in [1.54, 1.807) is 11.3 Å². The predicted octanol–water partition coefficient (Wildman–Crippen LogP) is 5.38. The van der Waals surface area contributed by atoms with Gasteiger partial charge in [-0.15, -0.1) is 11.3 Å². The van der Waals surface area contributed by atoms with Crippen LogP contribution in [-0.4, -0.2) is 16.8 Å². The number of allylic oxidation sites excluding steroid dienone is 2. The van der Waals surface area contributed by atoms with E-state index in [0.29, 0.717) is 11.6 Å². The third-order valence-corrected chi connectivity index (χ3v) is 5.60. The zero-order valence-corrected chi connectivity index (χ0v) is 15.3. The number of benzene rings is 1. The Labute approximate surface area is 143 Å². The second kappa shape index (κ2) is 5.88. The summed E-state index contributed by atoms with van der Waals surface area (Å²) in [5.74, 6) is 0.524. The summed E-state index contributed by atoms with van der Waals surface area (Å²) in [5, 5.41) is 13.3. The van der Waals surface area contributed by atoms with Gasteiger partial charge in [0.05, 0.1) is 10.6 Å². The lowest BCUT2D eigenvalue weighted by molar-refractivity contribution is 0.150. The highest BCUT2D eigenvalue weighted by Crippen LogP contribution is 2.34. The molecule has 1 fully saturated rings. The van der Waals surface area contributed by atoms with Crippen molar-refractivity contribution in [3.8, 4) is 0 Å². The molecule has 23 heavy (non-hydrogen) atoms. The van der Waals surface area contributed by atoms with Gasteiger partial charge < -0.3 is 5.32 Å². The summed E-state index contributed by atoms with van der Waals surface area (Å²) >= 11 is 1.70. The number of piperidine rings is 1. The molecule has 2 N–H and O–H groups in total. The molecule has 0 amide bonds. The minimum absolute atomic E-state index is 0.149. The fourth-order valence-corrected chi connectivity index (χ4v) is 4.96. The fourth-order valence-electron chi connectivity index (χ4n) is 3.97. The van der Waals surface area contributed by atoms with Crippen molar-refractivity contribution in [3.63, 3.8) is 0 Å². The van der Waals surface area contributed by atoms with Crippen LogP contribution in [0.4, 0.5) is 0 Å². The van der Waals surface area contributed by atoms with Gasteiger partial charge in [0.2, 0.25) is 0 Å². The third-order valence-electron chi connectivity index (χ3n) is 4.45. The smallest absolute Gasteiger partial charge is 0.0709 e. The molecule has 122 valence electrons. The van der Waals surface area contributed by atoms with Crippen molar-refractivity contribution in [2.45, 2.75) is 51.6 Å². The lowest BCUT2D eigenvalue weighted by Crippen LogP contribution is -2.57. The summed E-state index contributed by atoms with van der Waals surface area (Å²) in [6, 6.07) is 10.5. The van der Waals surface area contributed by atoms with E-state index in [9.17, 15) is 0 Å². The highest BCUT2D eigenvalue weighted by molar-refractivity contribution is 7.21. The number of fused-ring (bicyclic) bond motifs is 1. The van der Waals surface area contributed by atoms with E-state index in [-0.39, 0.29) is 11.1 Å². The van der Waals surface area contributed by atoms with Crippen LogP contribution in [0, 0.1) is 11.3 Å². The Morgan fingerprint density at radius 1 is 1.17 bits per heavy atom. The number of nitrogens with one attached hydrogen (secondary N) is 2. The van der Waals surface area contributed by atoms with Crippen LogP contribution in [0.5, 0.6) is 0 Å². The molecule has 1 aromatic heterocycles. The quantitative estimate of drug-likeness (QED) is 0.730. The Morgan fingerprint density at radius 2 is 1.83 bits per heavy atom. The molecule has 1 aliphatic rings. The van der Waals surface area contributed by atoms with E-state index in [2.05, 4.69) is 69.4 Å². The SMILES string of the molecule is CC1(C)CC(/C=C\C(=N)c2cc3ccccc3s2)CC(C)(C)N1. The molecule has 0 atom stereocenters. The van der Waals surface area contributed by atoms with Gasteiger partial charge in [0.25, 0.3) is 0 Å². The minimum atomic E-state index is 0.149. The van der Waals surface area contributed by atoms with Crippen LogP contribution in [0.2, 0.25) is 0 Å². The Balaban J connectivity index is 1.75. The number of hydrogen-bond acceptors (Lipinski definition) is 3. The predicted molar refractivity (Wildman–Crippen MR) is 102 cm³/mol. The first-order chi connectivity index (χ1) is 10.7. The summed E-state index contributed by atoms with van der Waals surface area (Å²) in [4.78, 5) is 1.05. The maximum absolute atomic E-state index is 8.39. The van der Waals surface area contributed by atoms with Gasteiger partial charge in [-0.05, 0) is 70.0 Å². The summed E-state index contributed by atoms with van der Waals surface area (Å²) in [7, 11) is 0. The Hall–Kier alpha value is -1.45. The first-order valence-electron chi connectivity index (χ1n) is 8.29. The molecule has 0 saturated carbocycles. The molecule has 0 spiro atoms. The molecule has 1 aromatic carbocycles. The average molecular weight is 327 g/mol. The van der Waals surface area contributed by atoms with Gasteiger partial charge in [0.1, 0.15) is 0 Å². The lowest BCUT2D eigenvalue weighted by Gasteiger charge is -2.45. The topological polar surface area (TPSA) is 35.9 Å². The molecular weight excluding hydrogens is 300 g/mol. The maximum Gasteiger partial charge on any atom is 0.0709 e. The molecule has 0 bridgehead atoms. The summed E-state index contributed by atoms with van der Waals surface area (Å²) < 4.78 is 1.25. The van der Waals surface area contributed by atoms with Crippen LogP contribution in [0.3, 0.4) is 0 Å². The van der Waals surface area contributed by atoms with E-state index in [4.69, 9.17) is 5.41 Å². The molecule has 2 nitrogen and oxygen atoms in total. The van der Waals surface area contributed by atoms with Crippen LogP contribution in [-0.2, 0) is 0 Å². The zero-order chi connectivity index (χ0) is 16.7. The van der Waals surface area contributed by atoms with Crippen molar-refractivity contribution in [2.75, 3.05) is 0 Å². The number of thiophene rings is 1. The van der Waals surface area contributed by atoms with Gasteiger partial charge in [-0.1, -0.05) is 24.3 Å². The minimum Gasteiger partial charge on any atom is -0.307 e. The molecule has 1 saturated heterocycles. The standard InChI is InChI=1S/C20H26N2S/c1-19(2)12-14(13-20(3,4)22-19)9-10-16(21)18-11-15-7-5-6-8-17(15)23-18/h5-11,14,21-22H,12-13H2,1-4H3/b10-9-,21-16?. The zero-order valence-electron chi connectivity index (χ0n) is 14.4. The first-order valence-corrected chi connectivity index (χ1v) is 9.11. The van der Waals surface area contributed by atoms with Crippen molar-refractivity contribution in [1.29, 1.82) is 5.41 Å². The van der Waals surface area contributed by atoms with Crippen molar-refractivity contribution in [2.24, 2.45) is 5.92 Å². The molecule has 3 rings (SSSR count). The van der Waals surface area contributed by atoms with Crippen LogP contribution in [0.15, 0.2) is 42.5 Å². The molecule has 0 unspecified atom stereocenters. The van der Waals surface area contributed by atoms with E-state index in [1.165, 1.54) is 10.1 Å². The first kappa shape index (κ1) is 16.4. The van der Waals surface area contributed by atoms with Crippen LogP contribution in [0.25, 0.3) is 10.1 Å². The van der Waals surface area contributed by atoms with Crippen molar-refractivity contribution < 1.29 is 0 Å². The molecule has 2 heterocycles. The Kier molecular flexibility index (Phi) is 4.19. The normalized spacial score (nSPS) is 21.0. The third kappa shape index (κ3) is 3.91. The summed E-state index contributed by atoms with van der Waals surface area (Å²) in [6.07, 6.45) is 6.49. The lowest BCUT2D eigenvalue weighted by atomic mass is 9.76. The fraction of sp³-hybridized carbons (Fsp3) is 0.450. The van der Waals surface area contributed by atoms with Gasteiger partial charge in [-0.25, -0.2) is 0 Å². The monoisotopic (exact) mass is 326 g/mol. The van der Waals surface area contributed by atoms with Crippen LogP contribution >= 0.6 is 11.3 Å². The van der Waals surface area contributed by atoms with E-state index in [0.717, 1.165) is 17.7 Å². The van der Waals surface area contributed by atoms with E-state index >= 15 is 0 Å². The molecule has 0 radical (unpaired) electrons. The Morgan fingerprint density at radius 3 is 2.48 bits per heavy atom. The Bertz CT molecular complexity index is 703. The number of rotatable bonds is 3. The molecule has 2 aromatic rings. The van der Waals surface area contributed by atoms with Gasteiger partial charge in [0, 0.05) is 15.8 Å². The summed E-state index contributed by atoms with van der Waals surface area (Å²) in [6.45, 7) is 9.08. The molecular formula is C20H26N2S. The second-order valence-electron chi connectivity index (χ2n) is 7.98. The molecule has 3 heteroatoms. The average Bonchev–Trinajstić information content (AvgIpc) is 2.85. The number of hydrogen-bond donors (Lipinski definition) is 2. The van der Waals surface area contributed by atoms with E-state index < -0.39 is 0 Å². The highest BCUT2D eigenvalue weighted by Gasteiger charge is 2.36. The second-order valence-corrected chi connectivity index (χ2v) is 9.07.